The molecule has 1 aromatic carbocycles. The summed E-state index contributed by atoms with van der Waals surface area (Å²) in [5.74, 6) is -0.356. The van der Waals surface area contributed by atoms with Crippen LogP contribution in [0.4, 0.5) is 4.39 Å². The molecule has 1 saturated heterocycles. The van der Waals surface area contributed by atoms with Crippen molar-refractivity contribution >= 4 is 27.7 Å². The maximum atomic E-state index is 13.7. The summed E-state index contributed by atoms with van der Waals surface area (Å²) < 4.78 is 19.0. The van der Waals surface area contributed by atoms with Crippen molar-refractivity contribution in [3.8, 4) is 6.07 Å². The normalized spacial score (nSPS) is 15.8. The minimum absolute atomic E-state index is 0.246. The van der Waals surface area contributed by atoms with Crippen molar-refractivity contribution in [3.05, 3.63) is 28.0 Å². The monoisotopic (exact) mass is 287 g/mol. The Labute approximate surface area is 99.5 Å². The molecule has 0 aliphatic carbocycles. The summed E-state index contributed by atoms with van der Waals surface area (Å²) in [4.78, 5) is 0.564. The van der Waals surface area contributed by atoms with Gasteiger partial charge in [-0.3, -0.25) is 0 Å². The zero-order valence-corrected chi connectivity index (χ0v) is 10.1. The third-order valence-electron chi connectivity index (χ3n) is 2.07. The van der Waals surface area contributed by atoms with Gasteiger partial charge in [-0.2, -0.15) is 5.26 Å². The van der Waals surface area contributed by atoms with Crippen LogP contribution in [0.5, 0.6) is 0 Å². The van der Waals surface area contributed by atoms with Gasteiger partial charge in [0.15, 0.2) is 5.82 Å². The molecule has 0 amide bonds. The summed E-state index contributed by atoms with van der Waals surface area (Å²) in [6.07, 6.45) is 0. The molecule has 78 valence electrons. The van der Waals surface area contributed by atoms with E-state index in [1.54, 1.807) is 12.1 Å². The Balaban J connectivity index is 2.25. The van der Waals surface area contributed by atoms with E-state index < -0.39 is 0 Å². The van der Waals surface area contributed by atoms with Crippen LogP contribution in [0.1, 0.15) is 5.56 Å². The Bertz CT molecular complexity index is 428. The molecule has 2 nitrogen and oxygen atoms in total. The van der Waals surface area contributed by atoms with Crippen molar-refractivity contribution in [1.82, 2.24) is 0 Å². The fourth-order valence-corrected chi connectivity index (χ4v) is 2.78. The molecule has 1 aromatic rings. The SMILES string of the molecule is N#Cc1ccc(SC2COC2)c(F)c1Br. The quantitative estimate of drug-likeness (QED) is 0.838. The van der Waals surface area contributed by atoms with Gasteiger partial charge in [-0.1, -0.05) is 0 Å². The lowest BCUT2D eigenvalue weighted by atomic mass is 10.2. The fourth-order valence-electron chi connectivity index (χ4n) is 1.17. The van der Waals surface area contributed by atoms with Gasteiger partial charge in [0.2, 0.25) is 0 Å². The highest BCUT2D eigenvalue weighted by atomic mass is 79.9. The van der Waals surface area contributed by atoms with Crippen LogP contribution in [-0.2, 0) is 4.74 Å². The molecule has 0 atom stereocenters. The number of hydrogen-bond acceptors (Lipinski definition) is 3. The number of rotatable bonds is 2. The van der Waals surface area contributed by atoms with E-state index in [2.05, 4.69) is 15.9 Å². The van der Waals surface area contributed by atoms with E-state index in [0.717, 1.165) is 0 Å². The molecule has 0 N–H and O–H groups in total. The summed E-state index contributed by atoms with van der Waals surface area (Å²) in [5, 5.41) is 9.03. The van der Waals surface area contributed by atoms with Crippen molar-refractivity contribution in [3.63, 3.8) is 0 Å². The van der Waals surface area contributed by atoms with Gasteiger partial charge in [-0.05, 0) is 28.1 Å². The van der Waals surface area contributed by atoms with Gasteiger partial charge in [-0.15, -0.1) is 11.8 Å². The second-order valence-electron chi connectivity index (χ2n) is 3.13. The Morgan fingerprint density at radius 1 is 1.53 bits per heavy atom. The van der Waals surface area contributed by atoms with Crippen LogP contribution in [0.3, 0.4) is 0 Å². The zero-order chi connectivity index (χ0) is 10.8. The number of nitrogens with zero attached hydrogens (tertiary/aromatic N) is 1. The smallest absolute Gasteiger partial charge is 0.152 e. The zero-order valence-electron chi connectivity index (χ0n) is 7.67. The Kier molecular flexibility index (Phi) is 3.29. The molecular weight excluding hydrogens is 281 g/mol. The Morgan fingerprint density at radius 2 is 2.27 bits per heavy atom. The van der Waals surface area contributed by atoms with Crippen LogP contribution >= 0.6 is 27.7 Å². The van der Waals surface area contributed by atoms with Gasteiger partial charge < -0.3 is 4.74 Å². The first-order valence-electron chi connectivity index (χ1n) is 4.35. The first-order valence-corrected chi connectivity index (χ1v) is 6.02. The molecule has 0 spiro atoms. The second-order valence-corrected chi connectivity index (χ2v) is 5.26. The minimum Gasteiger partial charge on any atom is -0.379 e. The van der Waals surface area contributed by atoms with Gasteiger partial charge in [0, 0.05) is 4.90 Å². The van der Waals surface area contributed by atoms with Crippen molar-refractivity contribution in [2.24, 2.45) is 0 Å². The predicted octanol–water partition coefficient (Wildman–Crippen LogP) is 2.95. The highest BCUT2D eigenvalue weighted by Crippen LogP contribution is 2.34. The lowest BCUT2D eigenvalue weighted by molar-refractivity contribution is 0.0455. The van der Waals surface area contributed by atoms with Gasteiger partial charge in [0.05, 0.1) is 28.5 Å². The Morgan fingerprint density at radius 3 is 2.80 bits per heavy atom. The van der Waals surface area contributed by atoms with Crippen molar-refractivity contribution in [2.75, 3.05) is 13.2 Å². The van der Waals surface area contributed by atoms with Gasteiger partial charge in [0.1, 0.15) is 6.07 Å². The number of benzene rings is 1. The number of halogens is 2. The average molecular weight is 288 g/mol. The van der Waals surface area contributed by atoms with E-state index in [4.69, 9.17) is 10.00 Å². The topological polar surface area (TPSA) is 33.0 Å². The van der Waals surface area contributed by atoms with Crippen LogP contribution in [0.2, 0.25) is 0 Å². The molecule has 0 aromatic heterocycles. The maximum absolute atomic E-state index is 13.7. The van der Waals surface area contributed by atoms with E-state index in [1.807, 2.05) is 6.07 Å². The third kappa shape index (κ3) is 2.17. The summed E-state index contributed by atoms with van der Waals surface area (Å²) in [5.41, 5.74) is 0.321. The predicted molar refractivity (Wildman–Crippen MR) is 59.3 cm³/mol. The fraction of sp³-hybridized carbons (Fsp3) is 0.300. The molecule has 1 aliphatic heterocycles. The molecular formula is C10H7BrFNOS. The van der Waals surface area contributed by atoms with Crippen LogP contribution in [0.25, 0.3) is 0 Å². The number of nitriles is 1. The number of hydrogen-bond donors (Lipinski definition) is 0. The summed E-state index contributed by atoms with van der Waals surface area (Å²) in [7, 11) is 0. The van der Waals surface area contributed by atoms with E-state index in [0.29, 0.717) is 28.9 Å². The highest BCUT2D eigenvalue weighted by Gasteiger charge is 2.22. The van der Waals surface area contributed by atoms with E-state index in [1.165, 1.54) is 11.8 Å². The molecule has 2 rings (SSSR count). The van der Waals surface area contributed by atoms with Crippen molar-refractivity contribution < 1.29 is 9.13 Å². The minimum atomic E-state index is -0.356. The van der Waals surface area contributed by atoms with Gasteiger partial charge >= 0.3 is 0 Å². The molecule has 5 heteroatoms. The lowest BCUT2D eigenvalue weighted by Gasteiger charge is -2.25. The highest BCUT2D eigenvalue weighted by molar-refractivity contribution is 9.10. The molecule has 1 aliphatic rings. The summed E-state index contributed by atoms with van der Waals surface area (Å²) in [6.45, 7) is 1.34. The van der Waals surface area contributed by atoms with E-state index >= 15 is 0 Å². The Hall–Kier alpha value is -0.570. The van der Waals surface area contributed by atoms with Crippen LogP contribution < -0.4 is 0 Å². The standard InChI is InChI=1S/C10H7BrFNOS/c11-9-6(3-13)1-2-8(10(9)12)15-7-4-14-5-7/h1-2,7H,4-5H2. The lowest BCUT2D eigenvalue weighted by Crippen LogP contribution is -2.30. The molecule has 1 fully saturated rings. The maximum Gasteiger partial charge on any atom is 0.152 e. The molecule has 1 heterocycles. The van der Waals surface area contributed by atoms with Crippen LogP contribution in [0.15, 0.2) is 21.5 Å². The van der Waals surface area contributed by atoms with E-state index in [-0.39, 0.29) is 10.3 Å². The number of ether oxygens (including phenoxy) is 1. The summed E-state index contributed by atoms with van der Waals surface area (Å²) >= 11 is 4.53. The molecule has 0 unspecified atom stereocenters. The van der Waals surface area contributed by atoms with Crippen LogP contribution in [-0.4, -0.2) is 18.5 Å². The van der Waals surface area contributed by atoms with Crippen molar-refractivity contribution in [2.45, 2.75) is 10.1 Å². The van der Waals surface area contributed by atoms with Crippen LogP contribution in [0, 0.1) is 17.1 Å². The van der Waals surface area contributed by atoms with Gasteiger partial charge in [-0.25, -0.2) is 4.39 Å². The van der Waals surface area contributed by atoms with E-state index in [9.17, 15) is 4.39 Å². The molecule has 0 saturated carbocycles. The first kappa shape index (κ1) is 10.9. The van der Waals surface area contributed by atoms with Gasteiger partial charge in [0.25, 0.3) is 0 Å². The molecule has 0 bridgehead atoms. The average Bonchev–Trinajstić information content (AvgIpc) is 2.18. The molecule has 15 heavy (non-hydrogen) atoms. The second kappa shape index (κ2) is 4.52. The number of thioether (sulfide) groups is 1. The summed E-state index contributed by atoms with van der Waals surface area (Å²) in [6, 6.07) is 5.18. The largest absolute Gasteiger partial charge is 0.379 e. The first-order chi connectivity index (χ1) is 7.22. The van der Waals surface area contributed by atoms with Crippen molar-refractivity contribution in [1.29, 1.82) is 5.26 Å². The third-order valence-corrected chi connectivity index (χ3v) is 4.02. The molecule has 0 radical (unpaired) electrons.